The fourth-order valence-electron chi connectivity index (χ4n) is 2.56. The second kappa shape index (κ2) is 14.8. The second-order valence-electron chi connectivity index (χ2n) is 5.47. The Labute approximate surface area is 116 Å². The third-order valence-electron chi connectivity index (χ3n) is 3.73. The molecule has 18 heavy (non-hydrogen) atoms. The van der Waals surface area contributed by atoms with Crippen LogP contribution in [0.25, 0.3) is 0 Å². The summed E-state index contributed by atoms with van der Waals surface area (Å²) in [6.45, 7) is 10.0. The molecule has 0 aliphatic carbocycles. The normalized spacial score (nSPS) is 13.3. The molecule has 0 heterocycles. The zero-order valence-electron chi connectivity index (χ0n) is 12.6. The number of rotatable bonds is 13. The predicted octanol–water partition coefficient (Wildman–Crippen LogP) is 6.53. The molecule has 0 amide bonds. The highest BCUT2D eigenvalue weighted by atomic mass is 14.1. The number of unbranched alkanes of at least 4 members (excludes halogenated alkanes) is 6. The highest BCUT2D eigenvalue weighted by Crippen LogP contribution is 2.22. The Kier molecular flexibility index (Phi) is 14.6. The van der Waals surface area contributed by atoms with Crippen molar-refractivity contribution in [3.63, 3.8) is 0 Å². The smallest absolute Gasteiger partial charge is 0.0316 e. The lowest BCUT2D eigenvalue weighted by Gasteiger charge is -2.15. The van der Waals surface area contributed by atoms with Crippen molar-refractivity contribution >= 4 is 0 Å². The van der Waals surface area contributed by atoms with Crippen molar-refractivity contribution in [2.24, 2.45) is 5.92 Å². The van der Waals surface area contributed by atoms with Gasteiger partial charge >= 0.3 is 0 Å². The first-order chi connectivity index (χ1) is 8.85. The van der Waals surface area contributed by atoms with E-state index in [1.54, 1.807) is 0 Å². The third-order valence-corrected chi connectivity index (χ3v) is 3.73. The summed E-state index contributed by atoms with van der Waals surface area (Å²) in [4.78, 5) is 0. The lowest BCUT2D eigenvalue weighted by molar-refractivity contribution is 0.389. The van der Waals surface area contributed by atoms with Gasteiger partial charge in [-0.25, -0.2) is 0 Å². The van der Waals surface area contributed by atoms with Gasteiger partial charge < -0.3 is 0 Å². The summed E-state index contributed by atoms with van der Waals surface area (Å²) < 4.78 is 0. The van der Waals surface area contributed by atoms with Crippen LogP contribution >= 0.6 is 0 Å². The molecule has 0 aromatic rings. The van der Waals surface area contributed by atoms with Gasteiger partial charge in [-0.3, -0.25) is 0 Å². The molecule has 1 atom stereocenters. The van der Waals surface area contributed by atoms with Crippen LogP contribution in [0.1, 0.15) is 84.0 Å². The Hall–Kier alpha value is -0.260. The van der Waals surface area contributed by atoms with Crippen molar-refractivity contribution in [1.82, 2.24) is 0 Å². The summed E-state index contributed by atoms with van der Waals surface area (Å²) in [5.74, 6) is 0.955. The van der Waals surface area contributed by atoms with Crippen LogP contribution in [-0.2, 0) is 0 Å². The maximum Gasteiger partial charge on any atom is -0.0316 e. The molecule has 2 radical (unpaired) electrons. The fraction of sp³-hybridized carbons (Fsp3) is 0.778. The van der Waals surface area contributed by atoms with Crippen LogP contribution in [0.15, 0.2) is 12.2 Å². The highest BCUT2D eigenvalue weighted by molar-refractivity contribution is 4.83. The quantitative estimate of drug-likeness (QED) is 0.326. The van der Waals surface area contributed by atoms with Gasteiger partial charge in [-0.15, -0.1) is 0 Å². The molecule has 0 saturated carbocycles. The minimum absolute atomic E-state index is 0.955. The zero-order valence-corrected chi connectivity index (χ0v) is 12.6. The topological polar surface area (TPSA) is 0 Å². The maximum atomic E-state index is 4.01. The van der Waals surface area contributed by atoms with Crippen molar-refractivity contribution in [3.05, 3.63) is 26.0 Å². The number of hydrogen-bond donors (Lipinski definition) is 0. The number of allylic oxidation sites excluding steroid dienone is 2. The molecule has 0 N–H and O–H groups in total. The number of hydrogen-bond acceptors (Lipinski definition) is 0. The van der Waals surface area contributed by atoms with Crippen LogP contribution in [0.3, 0.4) is 0 Å². The standard InChI is InChI=1S/C18H34/c1-4-7-9-10-11-12-13-14-17-18(15-6-3)16-8-5-2/h4,7,18H,1,3,5-6,8-17H2,2H3/b7-4+. The molecule has 106 valence electrons. The molecule has 0 fully saturated rings. The van der Waals surface area contributed by atoms with E-state index in [0.29, 0.717) is 0 Å². The van der Waals surface area contributed by atoms with E-state index in [0.717, 1.165) is 12.3 Å². The molecule has 0 aromatic heterocycles. The van der Waals surface area contributed by atoms with E-state index in [-0.39, 0.29) is 0 Å². The molecule has 0 saturated heterocycles. The molecule has 0 bridgehead atoms. The molecule has 0 nitrogen and oxygen atoms in total. The van der Waals surface area contributed by atoms with Crippen LogP contribution in [-0.4, -0.2) is 0 Å². The Bertz CT molecular complexity index is 169. The summed E-state index contributed by atoms with van der Waals surface area (Å²) in [6, 6.07) is 0. The van der Waals surface area contributed by atoms with Crippen LogP contribution in [0.2, 0.25) is 0 Å². The molecule has 1 unspecified atom stereocenters. The highest BCUT2D eigenvalue weighted by Gasteiger charge is 2.06. The SMILES string of the molecule is [CH2]/C=C/CCCCCCCC(CC[CH2])CCCC. The van der Waals surface area contributed by atoms with Gasteiger partial charge in [-0.1, -0.05) is 90.2 Å². The Morgan fingerprint density at radius 2 is 1.56 bits per heavy atom. The van der Waals surface area contributed by atoms with Gasteiger partial charge in [0.2, 0.25) is 0 Å². The minimum atomic E-state index is 0.955. The van der Waals surface area contributed by atoms with E-state index in [4.69, 9.17) is 0 Å². The Balaban J connectivity index is 3.36. The van der Waals surface area contributed by atoms with E-state index in [1.807, 2.05) is 6.08 Å². The van der Waals surface area contributed by atoms with Crippen LogP contribution in [0, 0.1) is 19.8 Å². The summed E-state index contributed by atoms with van der Waals surface area (Å²) in [6.07, 6.45) is 20.4. The van der Waals surface area contributed by atoms with Gasteiger partial charge in [0.15, 0.2) is 0 Å². The van der Waals surface area contributed by atoms with Crippen molar-refractivity contribution in [2.45, 2.75) is 84.0 Å². The third kappa shape index (κ3) is 12.2. The Morgan fingerprint density at radius 3 is 2.22 bits per heavy atom. The Morgan fingerprint density at radius 1 is 0.889 bits per heavy atom. The van der Waals surface area contributed by atoms with Crippen LogP contribution < -0.4 is 0 Å². The zero-order chi connectivity index (χ0) is 13.5. The van der Waals surface area contributed by atoms with Crippen LogP contribution in [0.5, 0.6) is 0 Å². The average molecular weight is 250 g/mol. The first-order valence-electron chi connectivity index (χ1n) is 8.08. The van der Waals surface area contributed by atoms with Crippen LogP contribution in [0.4, 0.5) is 0 Å². The summed E-state index contributed by atoms with van der Waals surface area (Å²) in [5.41, 5.74) is 0. The molecule has 0 heteroatoms. The van der Waals surface area contributed by atoms with Gasteiger partial charge in [0, 0.05) is 0 Å². The van der Waals surface area contributed by atoms with Gasteiger partial charge in [0.05, 0.1) is 0 Å². The molecule has 0 aliphatic rings. The average Bonchev–Trinajstić information content (AvgIpc) is 2.39. The van der Waals surface area contributed by atoms with Crippen molar-refractivity contribution in [3.8, 4) is 0 Å². The second-order valence-corrected chi connectivity index (χ2v) is 5.47. The van der Waals surface area contributed by atoms with Gasteiger partial charge in [0.25, 0.3) is 0 Å². The summed E-state index contributed by atoms with van der Waals surface area (Å²) >= 11 is 0. The lowest BCUT2D eigenvalue weighted by Crippen LogP contribution is -2.00. The van der Waals surface area contributed by atoms with Gasteiger partial charge in [-0.2, -0.15) is 0 Å². The molecule has 0 aromatic carbocycles. The van der Waals surface area contributed by atoms with E-state index >= 15 is 0 Å². The summed E-state index contributed by atoms with van der Waals surface area (Å²) in [5, 5.41) is 0. The van der Waals surface area contributed by atoms with E-state index in [1.165, 1.54) is 70.6 Å². The van der Waals surface area contributed by atoms with Gasteiger partial charge in [0.1, 0.15) is 0 Å². The molecule has 0 rings (SSSR count). The first-order valence-corrected chi connectivity index (χ1v) is 8.08. The molecule has 0 aliphatic heterocycles. The monoisotopic (exact) mass is 250 g/mol. The van der Waals surface area contributed by atoms with E-state index in [9.17, 15) is 0 Å². The van der Waals surface area contributed by atoms with Gasteiger partial charge in [-0.05, 0) is 25.7 Å². The molecule has 0 spiro atoms. The van der Waals surface area contributed by atoms with E-state index < -0.39 is 0 Å². The van der Waals surface area contributed by atoms with Crippen molar-refractivity contribution in [2.75, 3.05) is 0 Å². The van der Waals surface area contributed by atoms with Crippen molar-refractivity contribution < 1.29 is 0 Å². The lowest BCUT2D eigenvalue weighted by atomic mass is 9.91. The summed E-state index contributed by atoms with van der Waals surface area (Å²) in [7, 11) is 0. The predicted molar refractivity (Wildman–Crippen MR) is 84.4 cm³/mol. The maximum absolute atomic E-state index is 4.01. The van der Waals surface area contributed by atoms with Crippen molar-refractivity contribution in [1.29, 1.82) is 0 Å². The molecular weight excluding hydrogens is 216 g/mol. The molecular formula is C18H34. The largest absolute Gasteiger partial charge is 0.0885 e. The first kappa shape index (κ1) is 17.7. The van der Waals surface area contributed by atoms with E-state index in [2.05, 4.69) is 26.8 Å². The minimum Gasteiger partial charge on any atom is -0.0885 e. The fourth-order valence-corrected chi connectivity index (χ4v) is 2.56.